The molecule has 0 radical (unpaired) electrons. The van der Waals surface area contributed by atoms with Crippen LogP contribution in [-0.4, -0.2) is 17.3 Å². The first-order valence-electron chi connectivity index (χ1n) is 6.29. The van der Waals surface area contributed by atoms with Crippen LogP contribution in [0.2, 0.25) is 0 Å². The Labute approximate surface area is 117 Å². The van der Waals surface area contributed by atoms with Gasteiger partial charge in [0.2, 0.25) is 0 Å². The second-order valence-corrected chi connectivity index (χ2v) is 7.64. The van der Waals surface area contributed by atoms with Gasteiger partial charge in [0.15, 0.2) is 4.34 Å². The summed E-state index contributed by atoms with van der Waals surface area (Å²) in [7, 11) is 0. The van der Waals surface area contributed by atoms with Gasteiger partial charge in [0.05, 0.1) is 10.2 Å². The first kappa shape index (κ1) is 13.8. The number of thiazole rings is 1. The van der Waals surface area contributed by atoms with E-state index in [1.807, 2.05) is 17.8 Å². The summed E-state index contributed by atoms with van der Waals surface area (Å²) in [5.74, 6) is 1.13. The molecule has 0 unspecified atom stereocenters. The quantitative estimate of drug-likeness (QED) is 0.638. The first-order valence-corrected chi connectivity index (χ1v) is 8.09. The van der Waals surface area contributed by atoms with Crippen LogP contribution >= 0.6 is 23.1 Å². The Morgan fingerprint density at radius 2 is 2.11 bits per heavy atom. The fourth-order valence-corrected chi connectivity index (χ4v) is 3.80. The number of benzene rings is 1. The lowest BCUT2D eigenvalue weighted by atomic mass is 9.88. The molecule has 0 aliphatic heterocycles. The van der Waals surface area contributed by atoms with E-state index in [-0.39, 0.29) is 5.41 Å². The van der Waals surface area contributed by atoms with Gasteiger partial charge in [-0.25, -0.2) is 4.98 Å². The lowest BCUT2D eigenvalue weighted by molar-refractivity contribution is 0.345. The smallest absolute Gasteiger partial charge is 0.151 e. The number of hydrogen-bond donors (Lipinski definition) is 1. The number of aromatic nitrogens is 1. The summed E-state index contributed by atoms with van der Waals surface area (Å²) in [4.78, 5) is 4.62. The Bertz CT molecular complexity index is 472. The zero-order valence-electron chi connectivity index (χ0n) is 11.0. The summed E-state index contributed by atoms with van der Waals surface area (Å²) >= 11 is 3.65. The molecule has 0 bridgehead atoms. The molecular formula is C14H20N2S2. The molecular weight excluding hydrogens is 260 g/mol. The Morgan fingerprint density at radius 3 is 2.83 bits per heavy atom. The molecule has 0 saturated heterocycles. The number of rotatable bonds is 6. The number of para-hydroxylation sites is 1. The van der Waals surface area contributed by atoms with Crippen LogP contribution in [0, 0.1) is 5.41 Å². The van der Waals surface area contributed by atoms with Gasteiger partial charge in [-0.3, -0.25) is 0 Å². The minimum Gasteiger partial charge on any atom is -0.330 e. The van der Waals surface area contributed by atoms with Crippen molar-refractivity contribution in [2.45, 2.75) is 31.0 Å². The Hall–Kier alpha value is -0.580. The summed E-state index contributed by atoms with van der Waals surface area (Å²) in [6.07, 6.45) is 2.38. The number of nitrogens with zero attached hydrogens (tertiary/aromatic N) is 1. The summed E-state index contributed by atoms with van der Waals surface area (Å²) in [6, 6.07) is 8.32. The third-order valence-electron chi connectivity index (χ3n) is 3.05. The summed E-state index contributed by atoms with van der Waals surface area (Å²) in [5.41, 5.74) is 7.12. The van der Waals surface area contributed by atoms with E-state index in [9.17, 15) is 0 Å². The molecule has 0 atom stereocenters. The minimum absolute atomic E-state index is 0.272. The molecule has 2 N–H and O–H groups in total. The lowest BCUT2D eigenvalue weighted by Gasteiger charge is -2.21. The molecule has 0 amide bonds. The summed E-state index contributed by atoms with van der Waals surface area (Å²) < 4.78 is 2.46. The molecule has 0 fully saturated rings. The second-order valence-electron chi connectivity index (χ2n) is 5.27. The molecule has 1 heterocycles. The zero-order chi connectivity index (χ0) is 13.0. The van der Waals surface area contributed by atoms with Gasteiger partial charge in [0.25, 0.3) is 0 Å². The first-order chi connectivity index (χ1) is 8.61. The normalized spacial score (nSPS) is 12.2. The van der Waals surface area contributed by atoms with Gasteiger partial charge in [-0.2, -0.15) is 0 Å². The lowest BCUT2D eigenvalue weighted by Crippen LogP contribution is -2.23. The van der Waals surface area contributed by atoms with E-state index in [0.717, 1.165) is 17.8 Å². The van der Waals surface area contributed by atoms with Crippen molar-refractivity contribution >= 4 is 33.3 Å². The molecule has 98 valence electrons. The van der Waals surface area contributed by atoms with E-state index in [1.165, 1.54) is 21.9 Å². The maximum atomic E-state index is 5.73. The maximum Gasteiger partial charge on any atom is 0.151 e. The molecule has 1 aromatic carbocycles. The van der Waals surface area contributed by atoms with E-state index < -0.39 is 0 Å². The minimum atomic E-state index is 0.272. The fraction of sp³-hybridized carbons (Fsp3) is 0.500. The van der Waals surface area contributed by atoms with E-state index in [4.69, 9.17) is 5.73 Å². The van der Waals surface area contributed by atoms with E-state index in [2.05, 4.69) is 37.0 Å². The third-order valence-corrected chi connectivity index (χ3v) is 5.32. The van der Waals surface area contributed by atoms with Crippen LogP contribution in [0.5, 0.6) is 0 Å². The average molecular weight is 280 g/mol. The van der Waals surface area contributed by atoms with Gasteiger partial charge in [0.1, 0.15) is 0 Å². The van der Waals surface area contributed by atoms with Crippen molar-refractivity contribution in [2.24, 2.45) is 11.1 Å². The highest BCUT2D eigenvalue weighted by atomic mass is 32.2. The molecule has 0 spiro atoms. The second kappa shape index (κ2) is 6.04. The average Bonchev–Trinajstić information content (AvgIpc) is 2.77. The van der Waals surface area contributed by atoms with Crippen LogP contribution in [0.3, 0.4) is 0 Å². The highest BCUT2D eigenvalue weighted by molar-refractivity contribution is 8.01. The van der Waals surface area contributed by atoms with E-state index >= 15 is 0 Å². The SMILES string of the molecule is CC(C)(CN)CCCSc1nc2ccccc2s1. The number of thioether (sulfide) groups is 1. The molecule has 4 heteroatoms. The third kappa shape index (κ3) is 3.70. The standard InChI is InChI=1S/C14H20N2S2/c1-14(2,10-15)8-5-9-17-13-16-11-6-3-4-7-12(11)18-13/h3-4,6-7H,5,8-10,15H2,1-2H3. The molecule has 0 saturated carbocycles. The highest BCUT2D eigenvalue weighted by Crippen LogP contribution is 2.30. The molecule has 1 aromatic heterocycles. The number of hydrogen-bond acceptors (Lipinski definition) is 4. The monoisotopic (exact) mass is 280 g/mol. The molecule has 0 aliphatic carbocycles. The van der Waals surface area contributed by atoms with Crippen LogP contribution < -0.4 is 5.73 Å². The predicted octanol–water partition coefficient (Wildman–Crippen LogP) is 4.15. The van der Waals surface area contributed by atoms with Gasteiger partial charge in [-0.15, -0.1) is 11.3 Å². The summed E-state index contributed by atoms with van der Waals surface area (Å²) in [6.45, 7) is 5.23. The van der Waals surface area contributed by atoms with Crippen LogP contribution in [0.1, 0.15) is 26.7 Å². The van der Waals surface area contributed by atoms with Crippen LogP contribution in [0.4, 0.5) is 0 Å². The van der Waals surface area contributed by atoms with Crippen molar-refractivity contribution in [1.29, 1.82) is 0 Å². The Balaban J connectivity index is 1.83. The maximum absolute atomic E-state index is 5.73. The topological polar surface area (TPSA) is 38.9 Å². The number of nitrogens with two attached hydrogens (primary N) is 1. The fourth-order valence-electron chi connectivity index (χ4n) is 1.73. The zero-order valence-corrected chi connectivity index (χ0v) is 12.6. The van der Waals surface area contributed by atoms with Crippen LogP contribution in [0.15, 0.2) is 28.6 Å². The van der Waals surface area contributed by atoms with Gasteiger partial charge < -0.3 is 5.73 Å². The summed E-state index contributed by atoms with van der Waals surface area (Å²) in [5, 5.41) is 0. The Kier molecular flexibility index (Phi) is 4.65. The van der Waals surface area contributed by atoms with Crippen LogP contribution in [0.25, 0.3) is 10.2 Å². The van der Waals surface area contributed by atoms with E-state index in [1.54, 1.807) is 11.3 Å². The van der Waals surface area contributed by atoms with Crippen molar-refractivity contribution < 1.29 is 0 Å². The molecule has 2 nitrogen and oxygen atoms in total. The number of fused-ring (bicyclic) bond motifs is 1. The van der Waals surface area contributed by atoms with Gasteiger partial charge >= 0.3 is 0 Å². The van der Waals surface area contributed by atoms with Crippen molar-refractivity contribution in [1.82, 2.24) is 4.98 Å². The van der Waals surface area contributed by atoms with Gasteiger partial charge in [0, 0.05) is 5.75 Å². The van der Waals surface area contributed by atoms with E-state index in [0.29, 0.717) is 0 Å². The van der Waals surface area contributed by atoms with Gasteiger partial charge in [-0.1, -0.05) is 37.7 Å². The van der Waals surface area contributed by atoms with Crippen molar-refractivity contribution in [3.63, 3.8) is 0 Å². The largest absolute Gasteiger partial charge is 0.330 e. The molecule has 2 aromatic rings. The predicted molar refractivity (Wildman–Crippen MR) is 82.4 cm³/mol. The molecule has 2 rings (SSSR count). The Morgan fingerprint density at radius 1 is 1.33 bits per heavy atom. The van der Waals surface area contributed by atoms with Crippen molar-refractivity contribution in [2.75, 3.05) is 12.3 Å². The van der Waals surface area contributed by atoms with Crippen LogP contribution in [-0.2, 0) is 0 Å². The highest BCUT2D eigenvalue weighted by Gasteiger charge is 2.14. The van der Waals surface area contributed by atoms with Crippen molar-refractivity contribution in [3.05, 3.63) is 24.3 Å². The molecule has 0 aliphatic rings. The molecule has 18 heavy (non-hydrogen) atoms. The van der Waals surface area contributed by atoms with Crippen molar-refractivity contribution in [3.8, 4) is 0 Å². The van der Waals surface area contributed by atoms with Gasteiger partial charge in [-0.05, 0) is 36.9 Å².